The molecule has 1 nitrogen and oxygen atoms in total. The molecule has 0 radical (unpaired) electrons. The maximum atomic E-state index is 13.6. The Kier molecular flexibility index (Phi) is 5.84. The van der Waals surface area contributed by atoms with Gasteiger partial charge in [-0.2, -0.15) is 0 Å². The predicted molar refractivity (Wildman–Crippen MR) is 82.9 cm³/mol. The number of halogens is 3. The first-order chi connectivity index (χ1) is 9.69. The summed E-state index contributed by atoms with van der Waals surface area (Å²) in [7, 11) is 0. The Morgan fingerprint density at radius 3 is 2.55 bits per heavy atom. The third kappa shape index (κ3) is 4.48. The Bertz CT molecular complexity index is 545. The highest BCUT2D eigenvalue weighted by Gasteiger charge is 2.10. The van der Waals surface area contributed by atoms with E-state index in [-0.39, 0.29) is 11.9 Å². The van der Waals surface area contributed by atoms with Crippen LogP contribution in [0.3, 0.4) is 0 Å². The van der Waals surface area contributed by atoms with Crippen LogP contribution in [0.2, 0.25) is 5.02 Å². The van der Waals surface area contributed by atoms with Gasteiger partial charge >= 0.3 is 0 Å². The summed E-state index contributed by atoms with van der Waals surface area (Å²) in [5, 5.41) is 3.81. The lowest BCUT2D eigenvalue weighted by Gasteiger charge is -2.16. The van der Waals surface area contributed by atoms with E-state index < -0.39 is 0 Å². The van der Waals surface area contributed by atoms with Gasteiger partial charge in [0.2, 0.25) is 0 Å². The molecule has 0 aliphatic rings. The average molecular weight is 312 g/mol. The molecule has 0 bridgehead atoms. The van der Waals surface area contributed by atoms with Crippen molar-refractivity contribution in [2.75, 3.05) is 5.88 Å². The minimum atomic E-state index is -0.255. The first-order valence-electron chi connectivity index (χ1n) is 6.46. The molecule has 0 aliphatic carbocycles. The Labute approximate surface area is 128 Å². The zero-order valence-corrected chi connectivity index (χ0v) is 12.5. The summed E-state index contributed by atoms with van der Waals surface area (Å²) in [6.07, 6.45) is 0.812. The number of hydrogen-bond donors (Lipinski definition) is 1. The maximum absolute atomic E-state index is 13.6. The van der Waals surface area contributed by atoms with Crippen LogP contribution >= 0.6 is 23.2 Å². The van der Waals surface area contributed by atoms with Crippen LogP contribution < -0.4 is 5.32 Å². The highest BCUT2D eigenvalue weighted by Crippen LogP contribution is 2.15. The van der Waals surface area contributed by atoms with Crippen molar-refractivity contribution in [3.05, 3.63) is 70.5 Å². The van der Waals surface area contributed by atoms with E-state index in [1.54, 1.807) is 12.1 Å². The van der Waals surface area contributed by atoms with Crippen LogP contribution in [0, 0.1) is 5.82 Å². The minimum Gasteiger partial charge on any atom is -0.308 e. The lowest BCUT2D eigenvalue weighted by molar-refractivity contribution is 0.529. The highest BCUT2D eigenvalue weighted by molar-refractivity contribution is 6.30. The molecule has 2 aromatic carbocycles. The van der Waals surface area contributed by atoms with E-state index in [2.05, 4.69) is 17.4 Å². The number of nitrogens with one attached hydrogen (secondary N) is 1. The van der Waals surface area contributed by atoms with Gasteiger partial charge in [0.05, 0.1) is 0 Å². The largest absolute Gasteiger partial charge is 0.308 e. The molecule has 0 amide bonds. The molecule has 20 heavy (non-hydrogen) atoms. The number of rotatable bonds is 6. The molecular weight excluding hydrogens is 296 g/mol. The van der Waals surface area contributed by atoms with Gasteiger partial charge in [0.15, 0.2) is 0 Å². The summed E-state index contributed by atoms with van der Waals surface area (Å²) >= 11 is 11.8. The topological polar surface area (TPSA) is 12.0 Å². The van der Waals surface area contributed by atoms with E-state index in [0.717, 1.165) is 6.42 Å². The molecule has 0 fully saturated rings. The normalized spacial score (nSPS) is 12.3. The van der Waals surface area contributed by atoms with Gasteiger partial charge in [-0.3, -0.25) is 0 Å². The van der Waals surface area contributed by atoms with Crippen LogP contribution in [-0.4, -0.2) is 11.9 Å². The molecule has 2 aromatic rings. The van der Waals surface area contributed by atoms with Crippen molar-refractivity contribution in [2.24, 2.45) is 0 Å². The molecule has 1 unspecified atom stereocenters. The van der Waals surface area contributed by atoms with Crippen LogP contribution in [0.15, 0.2) is 48.5 Å². The fourth-order valence-electron chi connectivity index (χ4n) is 2.01. The summed E-state index contributed by atoms with van der Waals surface area (Å²) < 4.78 is 13.6. The fourth-order valence-corrected chi connectivity index (χ4v) is 2.43. The molecule has 0 spiro atoms. The molecule has 0 saturated heterocycles. The van der Waals surface area contributed by atoms with Crippen LogP contribution in [0.1, 0.15) is 11.1 Å². The monoisotopic (exact) mass is 311 g/mol. The molecule has 1 atom stereocenters. The van der Waals surface area contributed by atoms with Gasteiger partial charge in [-0.15, -0.1) is 11.6 Å². The quantitative estimate of drug-likeness (QED) is 0.779. The summed E-state index contributed by atoms with van der Waals surface area (Å²) in [6, 6.07) is 14.7. The smallest absolute Gasteiger partial charge is 0.127 e. The van der Waals surface area contributed by atoms with Crippen molar-refractivity contribution in [3.63, 3.8) is 0 Å². The van der Waals surface area contributed by atoms with E-state index in [4.69, 9.17) is 23.2 Å². The molecular formula is C16H16Cl2FN. The van der Waals surface area contributed by atoms with Crippen molar-refractivity contribution < 1.29 is 4.39 Å². The summed E-state index contributed by atoms with van der Waals surface area (Å²) in [6.45, 7) is 0.413. The maximum Gasteiger partial charge on any atom is 0.127 e. The van der Waals surface area contributed by atoms with Crippen molar-refractivity contribution in [1.29, 1.82) is 0 Å². The number of hydrogen-bond acceptors (Lipinski definition) is 1. The van der Waals surface area contributed by atoms with E-state index in [1.807, 2.05) is 18.2 Å². The van der Waals surface area contributed by atoms with Gasteiger partial charge in [-0.05, 0) is 30.2 Å². The second kappa shape index (κ2) is 7.63. The van der Waals surface area contributed by atoms with Gasteiger partial charge < -0.3 is 5.32 Å². The van der Waals surface area contributed by atoms with E-state index in [9.17, 15) is 4.39 Å². The van der Waals surface area contributed by atoms with E-state index in [0.29, 0.717) is 23.0 Å². The lowest BCUT2D eigenvalue weighted by Crippen LogP contribution is -2.32. The number of benzene rings is 2. The van der Waals surface area contributed by atoms with Gasteiger partial charge in [-0.1, -0.05) is 41.9 Å². The second-order valence-electron chi connectivity index (χ2n) is 4.66. The summed E-state index contributed by atoms with van der Waals surface area (Å²) in [4.78, 5) is 0. The molecule has 0 aromatic heterocycles. The molecule has 0 aliphatic heterocycles. The molecule has 106 valence electrons. The van der Waals surface area contributed by atoms with Crippen molar-refractivity contribution in [1.82, 2.24) is 5.32 Å². The van der Waals surface area contributed by atoms with Gasteiger partial charge in [0.25, 0.3) is 0 Å². The van der Waals surface area contributed by atoms with Crippen molar-refractivity contribution in [3.8, 4) is 0 Å². The van der Waals surface area contributed by atoms with Crippen LogP contribution in [0.4, 0.5) is 4.39 Å². The molecule has 2 rings (SSSR count). The van der Waals surface area contributed by atoms with Crippen molar-refractivity contribution >= 4 is 23.2 Å². The molecule has 0 saturated carbocycles. The first kappa shape index (κ1) is 15.3. The zero-order valence-electron chi connectivity index (χ0n) is 11.0. The summed E-state index contributed by atoms with van der Waals surface area (Å²) in [5.74, 6) is 0.215. The minimum absolute atomic E-state index is 0.0949. The lowest BCUT2D eigenvalue weighted by atomic mass is 10.1. The summed E-state index contributed by atoms with van der Waals surface area (Å²) in [5.41, 5.74) is 1.76. The Morgan fingerprint density at radius 2 is 1.85 bits per heavy atom. The molecule has 1 N–H and O–H groups in total. The molecule has 0 heterocycles. The molecule has 4 heteroatoms. The van der Waals surface area contributed by atoms with Gasteiger partial charge in [0, 0.05) is 29.1 Å². The van der Waals surface area contributed by atoms with E-state index >= 15 is 0 Å². The Hall–Kier alpha value is -1.09. The Balaban J connectivity index is 1.95. The van der Waals surface area contributed by atoms with Crippen molar-refractivity contribution in [2.45, 2.75) is 19.0 Å². The average Bonchev–Trinajstić information content (AvgIpc) is 2.47. The zero-order chi connectivity index (χ0) is 14.4. The van der Waals surface area contributed by atoms with Crippen LogP contribution in [0.25, 0.3) is 0 Å². The second-order valence-corrected chi connectivity index (χ2v) is 5.40. The highest BCUT2D eigenvalue weighted by atomic mass is 35.5. The standard InChI is InChI=1S/C16H16Cl2FN/c17-10-15(8-12-4-2-1-3-5-12)20-11-13-9-14(18)6-7-16(13)19/h1-7,9,15,20H,8,10-11H2. The van der Waals surface area contributed by atoms with Gasteiger partial charge in [0.1, 0.15) is 5.82 Å². The third-order valence-electron chi connectivity index (χ3n) is 3.10. The number of alkyl halides is 1. The SMILES string of the molecule is Fc1ccc(Cl)cc1CNC(CCl)Cc1ccccc1. The van der Waals surface area contributed by atoms with Crippen LogP contribution in [-0.2, 0) is 13.0 Å². The fraction of sp³-hybridized carbons (Fsp3) is 0.250. The predicted octanol–water partition coefficient (Wildman–Crippen LogP) is 4.42. The first-order valence-corrected chi connectivity index (χ1v) is 7.37. The Morgan fingerprint density at radius 1 is 1.10 bits per heavy atom. The van der Waals surface area contributed by atoms with Crippen LogP contribution in [0.5, 0.6) is 0 Å². The van der Waals surface area contributed by atoms with E-state index in [1.165, 1.54) is 11.6 Å². The van der Waals surface area contributed by atoms with Gasteiger partial charge in [-0.25, -0.2) is 4.39 Å². The third-order valence-corrected chi connectivity index (χ3v) is 3.71.